The van der Waals surface area contributed by atoms with Crippen LogP contribution in [0.25, 0.3) is 121 Å². The summed E-state index contributed by atoms with van der Waals surface area (Å²) in [7, 11) is 0. The number of para-hydroxylation sites is 2. The van der Waals surface area contributed by atoms with Crippen molar-refractivity contribution in [3.63, 3.8) is 0 Å². The fraction of sp³-hybridized carbons (Fsp3) is 0.220. The van der Waals surface area contributed by atoms with Gasteiger partial charge < -0.3 is 60.2 Å². The Morgan fingerprint density at radius 1 is 0.310 bits per heavy atom. The van der Waals surface area contributed by atoms with E-state index in [1.807, 2.05) is 260 Å². The number of halogens is 1. The van der Waals surface area contributed by atoms with E-state index >= 15 is 0 Å². The Balaban J connectivity index is 0.000000119. The maximum atomic E-state index is 13.7. The second-order valence-corrected chi connectivity index (χ2v) is 37.0. The van der Waals surface area contributed by atoms with E-state index in [0.717, 1.165) is 181 Å². The molecule has 36 heteroatoms. The summed E-state index contributed by atoms with van der Waals surface area (Å²) in [6.45, 7) is 24.2. The van der Waals surface area contributed by atoms with E-state index in [0.29, 0.717) is 62.3 Å². The molecule has 14 heterocycles. The number of nitrogens with zero attached hydrogens (tertiary/aromatic N) is 19. The third-order valence-corrected chi connectivity index (χ3v) is 26.6. The van der Waals surface area contributed by atoms with E-state index in [-0.39, 0.29) is 97.1 Å². The topological polar surface area (TPSA) is 414 Å². The minimum atomic E-state index is -0.208. The highest BCUT2D eigenvalue weighted by Gasteiger charge is 2.33. The molecule has 0 aliphatic heterocycles. The number of benzene rings is 8. The van der Waals surface area contributed by atoms with Crippen LogP contribution in [-0.2, 0) is 0 Å². The van der Waals surface area contributed by atoms with Crippen LogP contribution in [0.1, 0.15) is 179 Å². The number of hydrogen-bond acceptors (Lipinski definition) is 24. The Kier molecular flexibility index (Phi) is 28.4. The molecule has 145 heavy (non-hydrogen) atoms. The van der Waals surface area contributed by atoms with Crippen LogP contribution in [0.4, 0.5) is 29.1 Å². The summed E-state index contributed by atoms with van der Waals surface area (Å²) >= 11 is 6.32. The molecule has 5 atom stereocenters. The zero-order chi connectivity index (χ0) is 99.1. The summed E-state index contributed by atoms with van der Waals surface area (Å²) in [4.78, 5) is 139. The molecule has 0 bridgehead atoms. The van der Waals surface area contributed by atoms with Gasteiger partial charge in [-0.2, -0.15) is 27.0 Å². The Bertz CT molecular complexity index is 8510. The van der Waals surface area contributed by atoms with Crippen LogP contribution in [0.3, 0.4) is 0 Å². The standard InChI is InChI=1S/C26H22N4O.C24H22N6O.C20H20N6O.C20H22N6O.C19H17ClN6O.2H2S/c1-17-9-8-10-19-15-23(30(26(31)24(17)19)20-11-4-3-5-12-20)18(2)29-25-21-13-6-7-14-22(21)27-16-28-25;1-14-7-9-18(10-8-14)30-19(11-17-6-4-5-15(2)20(17)24(30)31)16(3)29-23-21-22(26-12-25-21)27-13-28-23;1-11-4-3-5-13-8-15(26(14-6-7-14)20(27)16(11)13)12(2)25-19-17-18(22-9-21-17)23-10-24-19;1-11(2)26-15(8-14-7-5-6-12(3)16(14)20(26)27)13(4)25-19-17-18(22-9-21-17)23-10-24-19;1-10(25-18-16-17(22-8-21-16)23-9-24-18)14-7-11-3-2-4-13(20)15(11)19(27)26(14)12-5-6-12;;/h3-16,18H,1-2H3,(H,27,28,29);4-13,16H,1-3H3,(H2,25,26,27,28,29);3-5,8-10,12,14H,6-7H2,1-2H3,(H2,21,22,23,24,25);5-11,13H,1-4H3,(H2,21,22,23,24,25);2-4,7-10,12H,5-6H2,1H3,(H2,21,22,23,24,25);2*1H2/t18-;16-;12-;13-;10-;;/m00000../s1. The van der Waals surface area contributed by atoms with Crippen molar-refractivity contribution in [3.05, 3.63) is 370 Å². The van der Waals surface area contributed by atoms with Crippen LogP contribution in [0.5, 0.6) is 0 Å². The summed E-state index contributed by atoms with van der Waals surface area (Å²) in [6.07, 6.45) is 18.0. The molecule has 22 aromatic rings. The fourth-order valence-corrected chi connectivity index (χ4v) is 19.3. The lowest BCUT2D eigenvalue weighted by molar-refractivity contribution is 0.541. The number of imidazole rings is 4. The van der Waals surface area contributed by atoms with Crippen molar-refractivity contribution < 1.29 is 0 Å². The molecule has 0 spiro atoms. The molecule has 0 amide bonds. The molecule has 24 rings (SSSR count). The largest absolute Gasteiger partial charge is 0.361 e. The summed E-state index contributed by atoms with van der Waals surface area (Å²) < 4.78 is 9.31. The third kappa shape index (κ3) is 19.7. The van der Waals surface area contributed by atoms with E-state index in [1.165, 1.54) is 25.3 Å². The first-order chi connectivity index (χ1) is 69.4. The minimum absolute atomic E-state index is 0. The van der Waals surface area contributed by atoms with Gasteiger partial charge in [0.15, 0.2) is 45.9 Å². The second-order valence-electron chi connectivity index (χ2n) is 36.6. The molecule has 14 aromatic heterocycles. The quantitative estimate of drug-likeness (QED) is 0.0342. The van der Waals surface area contributed by atoms with Crippen LogP contribution in [0.15, 0.2) is 281 Å². The van der Waals surface area contributed by atoms with Gasteiger partial charge in [-0.15, -0.1) is 0 Å². The lowest BCUT2D eigenvalue weighted by atomic mass is 10.0. The SMILES string of the molecule is C[C@H](Nc1ncnc2nc[nH]c12)c1cc2cccc(Cl)c2c(=O)n1C1CC1.Cc1ccc(-n2c([C@H](C)Nc3ncnc4nc[nH]c34)cc3cccc(C)c3c2=O)cc1.Cc1cccc2cc([C@H](C)Nc3ncnc4ccccc34)n(-c3ccccc3)c(=O)c12.Cc1cccc2cc([C@H](C)Nc3ncnc4nc[nH]c34)n(C(C)C)c(=O)c12.Cc1cccc2cc([C@H](C)Nc3ncnc4nc[nH]c34)n(C3CC3)c(=O)c12.S.S. The first-order valence-corrected chi connectivity index (χ1v) is 47.9. The third-order valence-electron chi connectivity index (χ3n) is 26.3. The molecule has 2 aliphatic rings. The summed E-state index contributed by atoms with van der Waals surface area (Å²) in [5.74, 6) is 3.39. The Hall–Kier alpha value is -16.7. The predicted molar refractivity (Wildman–Crippen MR) is 587 cm³/mol. The van der Waals surface area contributed by atoms with Gasteiger partial charge in [0.1, 0.15) is 59.5 Å². The Morgan fingerprint density at radius 2 is 0.628 bits per heavy atom. The highest BCUT2D eigenvalue weighted by atomic mass is 35.5. The first kappa shape index (κ1) is 98.5. The zero-order valence-electron chi connectivity index (χ0n) is 81.6. The fourth-order valence-electron chi connectivity index (χ4n) is 19.0. The van der Waals surface area contributed by atoms with Crippen molar-refractivity contribution in [2.75, 3.05) is 26.6 Å². The molecule has 0 radical (unpaired) electrons. The van der Waals surface area contributed by atoms with Gasteiger partial charge in [-0.25, -0.2) is 69.8 Å². The normalized spacial score (nSPS) is 13.3. The Labute approximate surface area is 849 Å². The smallest absolute Gasteiger partial charge is 0.263 e. The van der Waals surface area contributed by atoms with E-state index in [1.54, 1.807) is 46.8 Å². The molecule has 2 fully saturated rings. The number of nitrogens with one attached hydrogen (secondary N) is 9. The number of H-pyrrole nitrogens is 4. The predicted octanol–water partition coefficient (Wildman–Crippen LogP) is 21.1. The minimum Gasteiger partial charge on any atom is -0.361 e. The number of rotatable bonds is 20. The van der Waals surface area contributed by atoms with Gasteiger partial charge in [0.05, 0.1) is 93.0 Å². The van der Waals surface area contributed by atoms with Crippen LogP contribution in [0, 0.1) is 34.6 Å². The Morgan fingerprint density at radius 3 is 1.03 bits per heavy atom. The number of fused-ring (bicyclic) bond motifs is 10. The summed E-state index contributed by atoms with van der Waals surface area (Å²) in [5.41, 5.74) is 17.7. The molecule has 0 saturated heterocycles. The monoisotopic (exact) mass is 1990 g/mol. The van der Waals surface area contributed by atoms with E-state index in [9.17, 15) is 24.0 Å². The lowest BCUT2D eigenvalue weighted by Crippen LogP contribution is -2.28. The van der Waals surface area contributed by atoms with E-state index in [2.05, 4.69) is 147 Å². The van der Waals surface area contributed by atoms with Crippen LogP contribution in [0.2, 0.25) is 5.02 Å². The summed E-state index contributed by atoms with van der Waals surface area (Å²) in [6, 6.07) is 65.3. The summed E-state index contributed by atoms with van der Waals surface area (Å²) in [5, 5.41) is 26.9. The molecule has 9 N–H and O–H groups in total. The maximum Gasteiger partial charge on any atom is 0.263 e. The van der Waals surface area contributed by atoms with Crippen molar-refractivity contribution in [1.29, 1.82) is 0 Å². The van der Waals surface area contributed by atoms with Crippen molar-refractivity contribution in [2.24, 2.45) is 0 Å². The van der Waals surface area contributed by atoms with Crippen LogP contribution in [-0.4, -0.2) is 113 Å². The highest BCUT2D eigenvalue weighted by Crippen LogP contribution is 2.41. The number of aryl methyl sites for hydroxylation is 5. The molecule has 2 saturated carbocycles. The van der Waals surface area contributed by atoms with Gasteiger partial charge >= 0.3 is 0 Å². The van der Waals surface area contributed by atoms with Crippen molar-refractivity contribution in [1.82, 2.24) is 113 Å². The number of hydrogen-bond donors (Lipinski definition) is 9. The van der Waals surface area contributed by atoms with Gasteiger partial charge in [0.2, 0.25) is 0 Å². The molecule has 2 aliphatic carbocycles. The van der Waals surface area contributed by atoms with Crippen LogP contribution >= 0.6 is 38.6 Å². The average molecular weight is 1990 g/mol. The van der Waals surface area contributed by atoms with Gasteiger partial charge in [-0.3, -0.25) is 33.1 Å². The van der Waals surface area contributed by atoms with Crippen molar-refractivity contribution in [2.45, 2.75) is 157 Å². The average Bonchev–Trinajstić information content (AvgIpc) is 1.61. The molecule has 0 unspecified atom stereocenters. The van der Waals surface area contributed by atoms with Crippen molar-refractivity contribution >= 4 is 177 Å². The van der Waals surface area contributed by atoms with E-state index < -0.39 is 0 Å². The van der Waals surface area contributed by atoms with E-state index in [4.69, 9.17) is 11.6 Å². The maximum absolute atomic E-state index is 13.7. The van der Waals surface area contributed by atoms with Crippen LogP contribution < -0.4 is 54.4 Å². The first-order valence-electron chi connectivity index (χ1n) is 47.5. The number of pyridine rings is 5. The number of aromatic amines is 4. The van der Waals surface area contributed by atoms with Gasteiger partial charge in [-0.05, 0) is 231 Å². The molecule has 732 valence electrons. The lowest BCUT2D eigenvalue weighted by Gasteiger charge is -2.23. The molecule has 33 nitrogen and oxygen atoms in total. The highest BCUT2D eigenvalue weighted by molar-refractivity contribution is 7.59. The molecule has 8 aromatic carbocycles. The van der Waals surface area contributed by atoms with Gasteiger partial charge in [0.25, 0.3) is 27.8 Å². The van der Waals surface area contributed by atoms with Gasteiger partial charge in [-0.1, -0.05) is 145 Å². The van der Waals surface area contributed by atoms with Crippen molar-refractivity contribution in [3.8, 4) is 11.4 Å². The number of aromatic nitrogens is 23. The second kappa shape index (κ2) is 41.9. The van der Waals surface area contributed by atoms with Gasteiger partial charge in [0, 0.05) is 63.4 Å². The number of anilines is 5. The zero-order valence-corrected chi connectivity index (χ0v) is 84.4. The molecular formula is C109H107ClN28O5S2. The molecular weight excluding hydrogens is 1880 g/mol.